The number of carbonyl (C=O) groups excluding carboxylic acids is 3. The zero-order valence-corrected chi connectivity index (χ0v) is 11.0. The Morgan fingerprint density at radius 3 is 2.00 bits per heavy atom. The van der Waals surface area contributed by atoms with Gasteiger partial charge in [0.05, 0.1) is 0 Å². The van der Waals surface area contributed by atoms with E-state index in [-0.39, 0.29) is 0 Å². The van der Waals surface area contributed by atoms with Crippen molar-refractivity contribution >= 4 is 17.9 Å². The molecule has 0 saturated carbocycles. The normalized spacial score (nSPS) is 25.6. The summed E-state index contributed by atoms with van der Waals surface area (Å²) in [5.41, 5.74) is 0.463. The second kappa shape index (κ2) is 6.17. The zero-order chi connectivity index (χ0) is 14.6. The maximum absolute atomic E-state index is 11.1. The molecular formula is C13H16O6. The van der Waals surface area contributed by atoms with Gasteiger partial charge < -0.3 is 14.2 Å². The maximum atomic E-state index is 11.1. The largest absolute Gasteiger partial charge is 0.454 e. The van der Waals surface area contributed by atoms with E-state index in [0.717, 1.165) is 0 Å². The van der Waals surface area contributed by atoms with Gasteiger partial charge in [-0.25, -0.2) is 0 Å². The summed E-state index contributed by atoms with van der Waals surface area (Å²) in [6, 6.07) is 0. The summed E-state index contributed by atoms with van der Waals surface area (Å²) >= 11 is 0. The SMILES string of the molecule is C=C1C=C[C@@H](OC(C)=O)[C@H](OC(C)=O)[C@@H]1OC(C)=O. The van der Waals surface area contributed by atoms with Crippen molar-refractivity contribution < 1.29 is 28.6 Å². The monoisotopic (exact) mass is 268 g/mol. The van der Waals surface area contributed by atoms with Crippen LogP contribution in [0.5, 0.6) is 0 Å². The minimum Gasteiger partial charge on any atom is -0.454 e. The third kappa shape index (κ3) is 4.24. The van der Waals surface area contributed by atoms with Gasteiger partial charge in [0.1, 0.15) is 0 Å². The van der Waals surface area contributed by atoms with Crippen LogP contribution in [0.15, 0.2) is 24.3 Å². The third-order valence-electron chi connectivity index (χ3n) is 2.38. The van der Waals surface area contributed by atoms with Crippen molar-refractivity contribution in [1.82, 2.24) is 0 Å². The molecule has 19 heavy (non-hydrogen) atoms. The van der Waals surface area contributed by atoms with Crippen molar-refractivity contribution in [2.75, 3.05) is 0 Å². The molecule has 0 N–H and O–H groups in total. The van der Waals surface area contributed by atoms with E-state index < -0.39 is 36.2 Å². The average molecular weight is 268 g/mol. The molecule has 0 fully saturated rings. The topological polar surface area (TPSA) is 78.9 Å². The Labute approximate surface area is 111 Å². The van der Waals surface area contributed by atoms with Gasteiger partial charge in [0.15, 0.2) is 18.3 Å². The Balaban J connectivity index is 3.00. The maximum Gasteiger partial charge on any atom is 0.303 e. The fourth-order valence-corrected chi connectivity index (χ4v) is 1.75. The van der Waals surface area contributed by atoms with Crippen LogP contribution in [0, 0.1) is 0 Å². The molecule has 1 rings (SSSR count). The summed E-state index contributed by atoms with van der Waals surface area (Å²) in [4.78, 5) is 33.2. The first-order valence-electron chi connectivity index (χ1n) is 5.70. The molecule has 0 spiro atoms. The predicted molar refractivity (Wildman–Crippen MR) is 64.9 cm³/mol. The number of esters is 3. The Kier molecular flexibility index (Phi) is 4.86. The molecule has 0 saturated heterocycles. The van der Waals surface area contributed by atoms with Crippen molar-refractivity contribution in [3.63, 3.8) is 0 Å². The van der Waals surface area contributed by atoms with Gasteiger partial charge in [0.25, 0.3) is 0 Å². The highest BCUT2D eigenvalue weighted by molar-refractivity contribution is 5.69. The van der Waals surface area contributed by atoms with Gasteiger partial charge in [-0.15, -0.1) is 0 Å². The summed E-state index contributed by atoms with van der Waals surface area (Å²) in [6.45, 7) is 7.42. The molecule has 1 aliphatic carbocycles. The second-order valence-corrected chi connectivity index (χ2v) is 4.11. The summed E-state index contributed by atoms with van der Waals surface area (Å²) in [6.07, 6.45) is 0.508. The molecule has 6 nitrogen and oxygen atoms in total. The van der Waals surface area contributed by atoms with E-state index in [1.807, 2.05) is 0 Å². The molecule has 6 heteroatoms. The molecule has 0 amide bonds. The van der Waals surface area contributed by atoms with E-state index in [1.165, 1.54) is 26.8 Å². The highest BCUT2D eigenvalue weighted by Crippen LogP contribution is 2.25. The number of hydrogen-bond acceptors (Lipinski definition) is 6. The van der Waals surface area contributed by atoms with Crippen LogP contribution in [0.2, 0.25) is 0 Å². The van der Waals surface area contributed by atoms with Crippen LogP contribution in [0.1, 0.15) is 20.8 Å². The van der Waals surface area contributed by atoms with Crippen LogP contribution in [0.25, 0.3) is 0 Å². The van der Waals surface area contributed by atoms with E-state index in [0.29, 0.717) is 5.57 Å². The molecule has 3 atom stereocenters. The first-order valence-corrected chi connectivity index (χ1v) is 5.70. The smallest absolute Gasteiger partial charge is 0.303 e. The van der Waals surface area contributed by atoms with Crippen molar-refractivity contribution in [1.29, 1.82) is 0 Å². The van der Waals surface area contributed by atoms with Gasteiger partial charge in [0, 0.05) is 20.8 Å². The van der Waals surface area contributed by atoms with Crippen molar-refractivity contribution in [3.05, 3.63) is 24.3 Å². The summed E-state index contributed by atoms with van der Waals surface area (Å²) < 4.78 is 15.2. The third-order valence-corrected chi connectivity index (χ3v) is 2.38. The molecule has 0 aromatic heterocycles. The van der Waals surface area contributed by atoms with E-state index >= 15 is 0 Å². The molecule has 0 heterocycles. The Hall–Kier alpha value is -2.11. The zero-order valence-electron chi connectivity index (χ0n) is 11.0. The van der Waals surface area contributed by atoms with Crippen LogP contribution in [0.3, 0.4) is 0 Å². The number of rotatable bonds is 3. The summed E-state index contributed by atoms with van der Waals surface area (Å²) in [5.74, 6) is -1.64. The molecule has 104 valence electrons. The van der Waals surface area contributed by atoms with Crippen LogP contribution in [0.4, 0.5) is 0 Å². The first-order chi connectivity index (χ1) is 8.81. The van der Waals surface area contributed by atoms with Gasteiger partial charge in [-0.2, -0.15) is 0 Å². The number of carbonyl (C=O) groups is 3. The molecular weight excluding hydrogens is 252 g/mol. The molecule has 1 aliphatic rings. The fraction of sp³-hybridized carbons (Fsp3) is 0.462. The summed E-state index contributed by atoms with van der Waals surface area (Å²) in [7, 11) is 0. The molecule has 0 aromatic carbocycles. The highest BCUT2D eigenvalue weighted by Gasteiger charge is 2.39. The van der Waals surface area contributed by atoms with Crippen LogP contribution in [-0.4, -0.2) is 36.2 Å². The van der Waals surface area contributed by atoms with Crippen molar-refractivity contribution in [2.24, 2.45) is 0 Å². The minimum atomic E-state index is -0.928. The fourth-order valence-electron chi connectivity index (χ4n) is 1.75. The van der Waals surface area contributed by atoms with Crippen molar-refractivity contribution in [3.8, 4) is 0 Å². The lowest BCUT2D eigenvalue weighted by molar-refractivity contribution is -0.176. The van der Waals surface area contributed by atoms with E-state index in [2.05, 4.69) is 6.58 Å². The Bertz CT molecular complexity index is 436. The van der Waals surface area contributed by atoms with Crippen LogP contribution in [-0.2, 0) is 28.6 Å². The molecule has 0 aromatic rings. The quantitative estimate of drug-likeness (QED) is 0.559. The van der Waals surface area contributed by atoms with Gasteiger partial charge in [-0.3, -0.25) is 14.4 Å². The lowest BCUT2D eigenvalue weighted by Gasteiger charge is -2.33. The number of ether oxygens (including phenoxy) is 3. The first kappa shape index (κ1) is 14.9. The van der Waals surface area contributed by atoms with E-state index in [1.54, 1.807) is 6.08 Å². The van der Waals surface area contributed by atoms with Crippen LogP contribution < -0.4 is 0 Å². The van der Waals surface area contributed by atoms with Gasteiger partial charge in [-0.05, 0) is 11.6 Å². The average Bonchev–Trinajstić information content (AvgIpc) is 2.25. The van der Waals surface area contributed by atoms with E-state index in [4.69, 9.17) is 14.2 Å². The molecule has 0 bridgehead atoms. The molecule has 0 aliphatic heterocycles. The number of hydrogen-bond donors (Lipinski definition) is 0. The van der Waals surface area contributed by atoms with E-state index in [9.17, 15) is 14.4 Å². The Morgan fingerprint density at radius 1 is 1.00 bits per heavy atom. The lowest BCUT2D eigenvalue weighted by Crippen LogP contribution is -2.46. The Morgan fingerprint density at radius 2 is 1.53 bits per heavy atom. The van der Waals surface area contributed by atoms with Gasteiger partial charge >= 0.3 is 17.9 Å². The predicted octanol–water partition coefficient (Wildman–Crippen LogP) is 0.907. The standard InChI is InChI=1S/C13H16O6/c1-7-5-6-11(17-8(2)14)13(19-10(4)16)12(7)18-9(3)15/h5-6,11-13H,1H2,2-4H3/t11-,12-,13+/m1/s1. The molecule has 0 radical (unpaired) electrons. The second-order valence-electron chi connectivity index (χ2n) is 4.11. The van der Waals surface area contributed by atoms with Gasteiger partial charge in [-0.1, -0.05) is 12.7 Å². The lowest BCUT2D eigenvalue weighted by atomic mass is 9.94. The minimum absolute atomic E-state index is 0.463. The van der Waals surface area contributed by atoms with Crippen molar-refractivity contribution in [2.45, 2.75) is 39.1 Å². The van der Waals surface area contributed by atoms with Crippen LogP contribution >= 0.6 is 0 Å². The van der Waals surface area contributed by atoms with Gasteiger partial charge in [0.2, 0.25) is 0 Å². The molecule has 0 unspecified atom stereocenters. The highest BCUT2D eigenvalue weighted by atomic mass is 16.6. The summed E-state index contributed by atoms with van der Waals surface area (Å²) in [5, 5.41) is 0.